The van der Waals surface area contributed by atoms with Gasteiger partial charge in [-0.15, -0.1) is 11.3 Å². The Hall–Kier alpha value is -1.70. The van der Waals surface area contributed by atoms with E-state index in [1.54, 1.807) is 0 Å². The van der Waals surface area contributed by atoms with Crippen LogP contribution in [-0.2, 0) is 22.4 Å². The van der Waals surface area contributed by atoms with Gasteiger partial charge in [-0.1, -0.05) is 28.1 Å². The average Bonchev–Trinajstić information content (AvgIpc) is 3.10. The lowest BCUT2D eigenvalue weighted by atomic mass is 10.1. The lowest BCUT2D eigenvalue weighted by molar-refractivity contribution is -0.0589. The molecule has 1 aromatic carbocycles. The van der Waals surface area contributed by atoms with Crippen molar-refractivity contribution in [3.63, 3.8) is 0 Å². The second-order valence-electron chi connectivity index (χ2n) is 6.02. The summed E-state index contributed by atoms with van der Waals surface area (Å²) in [6.45, 7) is 1.58. The topological polar surface area (TPSA) is 53.3 Å². The zero-order valence-electron chi connectivity index (χ0n) is 13.7. The monoisotopic (exact) mass is 420 g/mol. The Kier molecular flexibility index (Phi) is 4.62. The van der Waals surface area contributed by atoms with Gasteiger partial charge in [0, 0.05) is 17.5 Å². The molecule has 25 heavy (non-hydrogen) atoms. The second-order valence-corrected chi connectivity index (χ2v) is 7.96. The summed E-state index contributed by atoms with van der Waals surface area (Å²) in [5.41, 5.74) is 2.18. The Labute approximate surface area is 157 Å². The predicted octanol–water partition coefficient (Wildman–Crippen LogP) is 4.03. The maximum atomic E-state index is 11.8. The van der Waals surface area contributed by atoms with Crippen LogP contribution in [0, 0.1) is 0 Å². The number of fused-ring (bicyclic) bond motifs is 1. The van der Waals surface area contributed by atoms with E-state index < -0.39 is 0 Å². The number of halogens is 1. The number of hydrogen-bond donors (Lipinski definition) is 0. The van der Waals surface area contributed by atoms with E-state index in [2.05, 4.69) is 32.6 Å². The number of ether oxygens (including phenoxy) is 2. The first-order valence-electron chi connectivity index (χ1n) is 8.07. The molecule has 0 N–H and O–H groups in total. The number of imidazole rings is 1. The lowest BCUT2D eigenvalue weighted by Gasteiger charge is -2.27. The summed E-state index contributed by atoms with van der Waals surface area (Å²) in [6.07, 6.45) is 2.03. The van der Waals surface area contributed by atoms with Crippen LogP contribution in [0.1, 0.15) is 27.5 Å². The van der Waals surface area contributed by atoms with Gasteiger partial charge in [0.05, 0.1) is 25.3 Å². The molecule has 0 bridgehead atoms. The summed E-state index contributed by atoms with van der Waals surface area (Å²) in [4.78, 5) is 18.0. The van der Waals surface area contributed by atoms with E-state index in [0.717, 1.165) is 46.6 Å². The first kappa shape index (κ1) is 16.8. The number of carbonyl (C=O) groups is 1. The summed E-state index contributed by atoms with van der Waals surface area (Å²) in [5.74, 6) is 0.680. The SMILES string of the molecule is COC(=O)c1cc2c(nc(Cc3ccc(Br)cc3)n2CC2CCO2)s1. The molecule has 1 aliphatic rings. The molecule has 130 valence electrons. The Morgan fingerprint density at radius 1 is 1.44 bits per heavy atom. The first-order chi connectivity index (χ1) is 12.1. The molecule has 1 atom stereocenters. The van der Waals surface area contributed by atoms with Crippen molar-refractivity contribution >= 4 is 43.6 Å². The molecule has 1 aliphatic heterocycles. The van der Waals surface area contributed by atoms with Crippen molar-refractivity contribution < 1.29 is 14.3 Å². The Bertz CT molecular complexity index is 912. The third-order valence-corrected chi connectivity index (χ3v) is 5.90. The summed E-state index contributed by atoms with van der Waals surface area (Å²) in [6, 6.07) is 10.1. The predicted molar refractivity (Wildman–Crippen MR) is 100 cm³/mol. The van der Waals surface area contributed by atoms with E-state index in [-0.39, 0.29) is 12.1 Å². The Morgan fingerprint density at radius 2 is 2.20 bits per heavy atom. The van der Waals surface area contributed by atoms with E-state index >= 15 is 0 Å². The number of hydrogen-bond acceptors (Lipinski definition) is 5. The van der Waals surface area contributed by atoms with Crippen LogP contribution >= 0.6 is 27.3 Å². The minimum Gasteiger partial charge on any atom is -0.465 e. The number of benzene rings is 1. The molecule has 0 saturated carbocycles. The van der Waals surface area contributed by atoms with Crippen LogP contribution in [0.3, 0.4) is 0 Å². The van der Waals surface area contributed by atoms with Crippen molar-refractivity contribution in [2.75, 3.05) is 13.7 Å². The summed E-state index contributed by atoms with van der Waals surface area (Å²) in [7, 11) is 1.40. The second kappa shape index (κ2) is 6.90. The van der Waals surface area contributed by atoms with E-state index in [1.807, 2.05) is 18.2 Å². The quantitative estimate of drug-likeness (QED) is 0.584. The van der Waals surface area contributed by atoms with Gasteiger partial charge in [0.25, 0.3) is 0 Å². The van der Waals surface area contributed by atoms with Crippen LogP contribution in [-0.4, -0.2) is 35.3 Å². The molecule has 0 amide bonds. The van der Waals surface area contributed by atoms with Crippen LogP contribution < -0.4 is 0 Å². The normalized spacial score (nSPS) is 16.8. The third kappa shape index (κ3) is 3.36. The highest BCUT2D eigenvalue weighted by Crippen LogP contribution is 2.29. The zero-order chi connectivity index (χ0) is 17.4. The number of aromatic nitrogens is 2. The maximum Gasteiger partial charge on any atom is 0.348 e. The molecule has 0 aliphatic carbocycles. The Morgan fingerprint density at radius 3 is 2.84 bits per heavy atom. The molecule has 3 heterocycles. The van der Waals surface area contributed by atoms with E-state index in [4.69, 9.17) is 14.5 Å². The molecule has 1 fully saturated rings. The maximum absolute atomic E-state index is 11.8. The highest BCUT2D eigenvalue weighted by Gasteiger charge is 2.24. The highest BCUT2D eigenvalue weighted by molar-refractivity contribution is 9.10. The molecule has 3 aromatic rings. The Balaban J connectivity index is 1.71. The van der Waals surface area contributed by atoms with Gasteiger partial charge >= 0.3 is 5.97 Å². The summed E-state index contributed by atoms with van der Waals surface area (Å²) >= 11 is 4.84. The van der Waals surface area contributed by atoms with Gasteiger partial charge in [-0.25, -0.2) is 9.78 Å². The molecule has 2 aromatic heterocycles. The van der Waals surface area contributed by atoms with Crippen molar-refractivity contribution in [2.24, 2.45) is 0 Å². The summed E-state index contributed by atoms with van der Waals surface area (Å²) < 4.78 is 13.7. The van der Waals surface area contributed by atoms with E-state index in [9.17, 15) is 4.79 Å². The van der Waals surface area contributed by atoms with Gasteiger partial charge in [-0.05, 0) is 30.2 Å². The lowest BCUT2D eigenvalue weighted by Crippen LogP contribution is -2.31. The van der Waals surface area contributed by atoms with Crippen molar-refractivity contribution in [3.8, 4) is 0 Å². The standard InChI is InChI=1S/C18H17BrN2O3S/c1-23-18(22)15-9-14-17(25-15)20-16(21(14)10-13-6-7-24-13)8-11-2-4-12(19)5-3-11/h2-5,9,13H,6-8,10H2,1H3. The van der Waals surface area contributed by atoms with Gasteiger partial charge in [-0.3, -0.25) is 0 Å². The van der Waals surface area contributed by atoms with E-state index in [0.29, 0.717) is 4.88 Å². The van der Waals surface area contributed by atoms with Crippen molar-refractivity contribution in [2.45, 2.75) is 25.5 Å². The van der Waals surface area contributed by atoms with E-state index in [1.165, 1.54) is 24.0 Å². The molecule has 5 nitrogen and oxygen atoms in total. The van der Waals surface area contributed by atoms with Crippen molar-refractivity contribution in [1.29, 1.82) is 0 Å². The third-order valence-electron chi connectivity index (χ3n) is 4.37. The molecule has 0 radical (unpaired) electrons. The van der Waals surface area contributed by atoms with Gasteiger partial charge in [0.2, 0.25) is 0 Å². The number of thiophene rings is 1. The molecular formula is C18H17BrN2O3S. The number of esters is 1. The van der Waals surface area contributed by atoms with Crippen LogP contribution in [0.4, 0.5) is 0 Å². The van der Waals surface area contributed by atoms with Gasteiger partial charge in [0.1, 0.15) is 15.5 Å². The number of methoxy groups -OCH3 is 1. The highest BCUT2D eigenvalue weighted by atomic mass is 79.9. The zero-order valence-corrected chi connectivity index (χ0v) is 16.1. The summed E-state index contributed by atoms with van der Waals surface area (Å²) in [5, 5.41) is 0. The van der Waals surface area contributed by atoms with Crippen molar-refractivity contribution in [1.82, 2.24) is 9.55 Å². The molecule has 1 unspecified atom stereocenters. The molecule has 0 spiro atoms. The number of nitrogens with zero attached hydrogens (tertiary/aromatic N) is 2. The first-order valence-corrected chi connectivity index (χ1v) is 9.68. The van der Waals surface area contributed by atoms with Crippen LogP contribution in [0.25, 0.3) is 10.3 Å². The van der Waals surface area contributed by atoms with Crippen LogP contribution in [0.2, 0.25) is 0 Å². The van der Waals surface area contributed by atoms with Gasteiger partial charge in [-0.2, -0.15) is 0 Å². The van der Waals surface area contributed by atoms with Gasteiger partial charge < -0.3 is 14.0 Å². The minimum absolute atomic E-state index is 0.225. The molecule has 7 heteroatoms. The number of rotatable bonds is 5. The largest absolute Gasteiger partial charge is 0.465 e. The molecular weight excluding hydrogens is 404 g/mol. The smallest absolute Gasteiger partial charge is 0.348 e. The minimum atomic E-state index is -0.316. The fourth-order valence-corrected chi connectivity index (χ4v) is 4.15. The average molecular weight is 421 g/mol. The van der Waals surface area contributed by atoms with Crippen LogP contribution in [0.15, 0.2) is 34.8 Å². The fourth-order valence-electron chi connectivity index (χ4n) is 2.92. The molecule has 4 rings (SSSR count). The molecule has 1 saturated heterocycles. The van der Waals surface area contributed by atoms with Gasteiger partial charge in [0.15, 0.2) is 0 Å². The fraction of sp³-hybridized carbons (Fsp3) is 0.333. The number of carbonyl (C=O) groups excluding carboxylic acids is 1. The van der Waals surface area contributed by atoms with Crippen LogP contribution in [0.5, 0.6) is 0 Å². The van der Waals surface area contributed by atoms with Crippen molar-refractivity contribution in [3.05, 3.63) is 51.1 Å².